The topological polar surface area (TPSA) is 63.4 Å². The third-order valence-corrected chi connectivity index (χ3v) is 4.29. The molecule has 1 saturated carbocycles. The molecule has 0 amide bonds. The van der Waals surface area contributed by atoms with E-state index in [-0.39, 0.29) is 6.04 Å². The molecular weight excluding hydrogens is 212 g/mol. The molecule has 90 valence electrons. The van der Waals surface area contributed by atoms with Crippen molar-refractivity contribution < 1.29 is 8.42 Å². The smallest absolute Gasteiger partial charge is 0.216 e. The van der Waals surface area contributed by atoms with Gasteiger partial charge in [0.25, 0.3) is 10.2 Å². The van der Waals surface area contributed by atoms with Crippen molar-refractivity contribution in [1.82, 2.24) is 4.31 Å². The van der Waals surface area contributed by atoms with Crippen LogP contribution in [0.3, 0.4) is 0 Å². The first-order chi connectivity index (χ1) is 6.91. The lowest BCUT2D eigenvalue weighted by Crippen LogP contribution is -2.44. The van der Waals surface area contributed by atoms with Crippen LogP contribution in [0, 0.1) is 5.92 Å². The monoisotopic (exact) mass is 234 g/mol. The molecule has 1 fully saturated rings. The molecule has 0 aromatic carbocycles. The maximum Gasteiger partial charge on any atom is 0.277 e. The molecule has 0 atom stereocenters. The fourth-order valence-electron chi connectivity index (χ4n) is 2.23. The number of nitrogens with two attached hydrogens (primary N) is 1. The van der Waals surface area contributed by atoms with Crippen molar-refractivity contribution in [3.63, 3.8) is 0 Å². The van der Waals surface area contributed by atoms with Crippen LogP contribution in [0.15, 0.2) is 0 Å². The van der Waals surface area contributed by atoms with Gasteiger partial charge in [-0.3, -0.25) is 0 Å². The maximum absolute atomic E-state index is 11.4. The van der Waals surface area contributed by atoms with Crippen LogP contribution in [0.4, 0.5) is 0 Å². The first-order valence-electron chi connectivity index (χ1n) is 5.71. The minimum atomic E-state index is -3.53. The number of rotatable bonds is 4. The molecule has 5 heteroatoms. The van der Waals surface area contributed by atoms with Crippen molar-refractivity contribution in [3.05, 3.63) is 0 Å². The first-order valence-corrected chi connectivity index (χ1v) is 7.21. The van der Waals surface area contributed by atoms with E-state index < -0.39 is 10.2 Å². The van der Waals surface area contributed by atoms with Gasteiger partial charge < -0.3 is 0 Å². The summed E-state index contributed by atoms with van der Waals surface area (Å²) in [5.41, 5.74) is 0. The molecule has 0 spiro atoms. The number of hydrogen-bond acceptors (Lipinski definition) is 2. The average molecular weight is 234 g/mol. The Balaban J connectivity index is 2.58. The zero-order chi connectivity index (χ0) is 11.5. The van der Waals surface area contributed by atoms with Crippen LogP contribution in [-0.2, 0) is 10.2 Å². The Morgan fingerprint density at radius 1 is 1.27 bits per heavy atom. The summed E-state index contributed by atoms with van der Waals surface area (Å²) >= 11 is 0. The number of hydrogen-bond donors (Lipinski definition) is 1. The molecule has 0 saturated heterocycles. The summed E-state index contributed by atoms with van der Waals surface area (Å²) in [6, 6.07) is -0.0399. The van der Waals surface area contributed by atoms with E-state index >= 15 is 0 Å². The Hall–Kier alpha value is -0.130. The van der Waals surface area contributed by atoms with Crippen molar-refractivity contribution >= 4 is 10.2 Å². The Bertz CT molecular complexity index is 282. The van der Waals surface area contributed by atoms with Gasteiger partial charge in [0.05, 0.1) is 0 Å². The summed E-state index contributed by atoms with van der Waals surface area (Å²) in [6.07, 6.45) is 6.01. The second-order valence-electron chi connectivity index (χ2n) is 4.71. The molecule has 0 heterocycles. The Labute approximate surface area is 93.0 Å². The predicted molar refractivity (Wildman–Crippen MR) is 61.5 cm³/mol. The molecule has 2 N–H and O–H groups in total. The minimum Gasteiger partial charge on any atom is -0.216 e. The molecule has 4 nitrogen and oxygen atoms in total. The molecule has 0 bridgehead atoms. The van der Waals surface area contributed by atoms with Crippen LogP contribution in [0.1, 0.15) is 46.0 Å². The quantitative estimate of drug-likeness (QED) is 0.801. The Kier molecular flexibility index (Phi) is 4.55. The van der Waals surface area contributed by atoms with Crippen LogP contribution < -0.4 is 5.14 Å². The van der Waals surface area contributed by atoms with Gasteiger partial charge in [-0.05, 0) is 32.6 Å². The molecule has 15 heavy (non-hydrogen) atoms. The fraction of sp³-hybridized carbons (Fsp3) is 1.00. The van der Waals surface area contributed by atoms with Gasteiger partial charge in [0.15, 0.2) is 0 Å². The van der Waals surface area contributed by atoms with Crippen molar-refractivity contribution in [3.8, 4) is 0 Å². The first kappa shape index (κ1) is 12.9. The lowest BCUT2D eigenvalue weighted by atomic mass is 9.89. The maximum atomic E-state index is 11.4. The van der Waals surface area contributed by atoms with Crippen molar-refractivity contribution in [2.75, 3.05) is 6.54 Å². The van der Waals surface area contributed by atoms with Gasteiger partial charge in [0.1, 0.15) is 0 Å². The molecule has 1 rings (SSSR count). The summed E-state index contributed by atoms with van der Waals surface area (Å²) < 4.78 is 24.1. The second-order valence-corrected chi connectivity index (χ2v) is 6.21. The number of nitrogens with zero attached hydrogens (tertiary/aromatic N) is 1. The van der Waals surface area contributed by atoms with Crippen molar-refractivity contribution in [1.29, 1.82) is 0 Å². The lowest BCUT2D eigenvalue weighted by Gasteiger charge is -2.30. The van der Waals surface area contributed by atoms with E-state index in [0.717, 1.165) is 12.8 Å². The summed E-state index contributed by atoms with van der Waals surface area (Å²) in [5, 5.41) is 5.20. The van der Waals surface area contributed by atoms with Gasteiger partial charge >= 0.3 is 0 Å². The molecule has 0 radical (unpaired) electrons. The van der Waals surface area contributed by atoms with Crippen LogP contribution in [0.2, 0.25) is 0 Å². The zero-order valence-corrected chi connectivity index (χ0v) is 10.5. The summed E-state index contributed by atoms with van der Waals surface area (Å²) in [5.74, 6) is 0.500. The summed E-state index contributed by atoms with van der Waals surface area (Å²) in [6.45, 7) is 4.33. The van der Waals surface area contributed by atoms with Gasteiger partial charge in [-0.2, -0.15) is 12.7 Å². The van der Waals surface area contributed by atoms with Crippen LogP contribution in [-0.4, -0.2) is 25.3 Å². The van der Waals surface area contributed by atoms with E-state index in [1.54, 1.807) is 0 Å². The molecule has 0 aliphatic heterocycles. The predicted octanol–water partition coefficient (Wildman–Crippen LogP) is 1.48. The minimum absolute atomic E-state index is 0.0399. The largest absolute Gasteiger partial charge is 0.277 e. The van der Waals surface area contributed by atoms with E-state index in [4.69, 9.17) is 5.14 Å². The molecule has 0 aromatic heterocycles. The average Bonchev–Trinajstić information content (AvgIpc) is 2.13. The standard InChI is InChI=1S/C10H22N2O2S/c1-9(2)12(15(11,13)14)8-10-6-4-3-5-7-10/h9-10H,3-8H2,1-2H3,(H2,11,13,14). The van der Waals surface area contributed by atoms with E-state index in [2.05, 4.69) is 0 Å². The molecule has 1 aliphatic rings. The van der Waals surface area contributed by atoms with Gasteiger partial charge in [0.2, 0.25) is 0 Å². The SMILES string of the molecule is CC(C)N(CC1CCCCC1)S(N)(=O)=O. The van der Waals surface area contributed by atoms with E-state index in [1.807, 2.05) is 13.8 Å². The van der Waals surface area contributed by atoms with E-state index in [1.165, 1.54) is 23.6 Å². The van der Waals surface area contributed by atoms with Crippen LogP contribution in [0.5, 0.6) is 0 Å². The van der Waals surface area contributed by atoms with Gasteiger partial charge in [0, 0.05) is 12.6 Å². The van der Waals surface area contributed by atoms with Crippen LogP contribution in [0.25, 0.3) is 0 Å². The van der Waals surface area contributed by atoms with Crippen molar-refractivity contribution in [2.45, 2.75) is 52.0 Å². The normalized spacial score (nSPS) is 20.1. The lowest BCUT2D eigenvalue weighted by molar-refractivity contribution is 0.253. The highest BCUT2D eigenvalue weighted by atomic mass is 32.2. The highest BCUT2D eigenvalue weighted by Gasteiger charge is 2.25. The summed E-state index contributed by atoms with van der Waals surface area (Å²) in [4.78, 5) is 0. The van der Waals surface area contributed by atoms with Gasteiger partial charge in [-0.25, -0.2) is 5.14 Å². The highest BCUT2D eigenvalue weighted by molar-refractivity contribution is 7.86. The molecule has 1 aliphatic carbocycles. The fourth-order valence-corrected chi connectivity index (χ4v) is 3.24. The molecule has 0 aromatic rings. The van der Waals surface area contributed by atoms with E-state index in [9.17, 15) is 8.42 Å². The third-order valence-electron chi connectivity index (χ3n) is 3.07. The Morgan fingerprint density at radius 2 is 1.80 bits per heavy atom. The van der Waals surface area contributed by atoms with Crippen LogP contribution >= 0.6 is 0 Å². The summed E-state index contributed by atoms with van der Waals surface area (Å²) in [7, 11) is -3.53. The van der Waals surface area contributed by atoms with Gasteiger partial charge in [-0.15, -0.1) is 0 Å². The molecule has 0 unspecified atom stereocenters. The van der Waals surface area contributed by atoms with E-state index in [0.29, 0.717) is 12.5 Å². The van der Waals surface area contributed by atoms with Gasteiger partial charge in [-0.1, -0.05) is 19.3 Å². The van der Waals surface area contributed by atoms with Crippen molar-refractivity contribution in [2.24, 2.45) is 11.1 Å². The molecular formula is C10H22N2O2S. The third kappa shape index (κ3) is 4.09. The second kappa shape index (κ2) is 5.27. The Morgan fingerprint density at radius 3 is 2.20 bits per heavy atom. The zero-order valence-electron chi connectivity index (χ0n) is 9.65. The highest BCUT2D eigenvalue weighted by Crippen LogP contribution is 2.25.